The van der Waals surface area contributed by atoms with Gasteiger partial charge in [-0.25, -0.2) is 4.98 Å². The summed E-state index contributed by atoms with van der Waals surface area (Å²) in [5.41, 5.74) is 9.04. The van der Waals surface area contributed by atoms with E-state index in [2.05, 4.69) is 10.3 Å². The second kappa shape index (κ2) is 9.69. The van der Waals surface area contributed by atoms with Gasteiger partial charge in [-0.3, -0.25) is 4.79 Å². The van der Waals surface area contributed by atoms with Gasteiger partial charge in [0, 0.05) is 24.5 Å². The highest BCUT2D eigenvalue weighted by Crippen LogP contribution is 2.39. The van der Waals surface area contributed by atoms with Gasteiger partial charge in [-0.2, -0.15) is 0 Å². The molecule has 1 saturated carbocycles. The summed E-state index contributed by atoms with van der Waals surface area (Å²) in [4.78, 5) is 17.2. The SMILES string of the molecule is Cc1ccc2nc(COc3cccc(C(=O)NC(C)(CN)C4CC4)c3)cn2c1.Cl.Cl. The summed E-state index contributed by atoms with van der Waals surface area (Å²) in [6.07, 6.45) is 6.23. The van der Waals surface area contributed by atoms with Crippen LogP contribution in [-0.4, -0.2) is 27.4 Å². The van der Waals surface area contributed by atoms with Crippen molar-refractivity contribution in [2.24, 2.45) is 11.7 Å². The first kappa shape index (κ1) is 24.0. The van der Waals surface area contributed by atoms with Crippen LogP contribution in [0, 0.1) is 12.8 Å². The molecule has 1 aliphatic rings. The van der Waals surface area contributed by atoms with Gasteiger partial charge in [-0.05, 0) is 62.4 Å². The van der Waals surface area contributed by atoms with E-state index in [-0.39, 0.29) is 36.3 Å². The third kappa shape index (κ3) is 5.25. The molecular weight excluding hydrogens is 423 g/mol. The Kier molecular flexibility index (Phi) is 7.75. The monoisotopic (exact) mass is 450 g/mol. The molecule has 8 heteroatoms. The fourth-order valence-electron chi connectivity index (χ4n) is 3.48. The highest BCUT2D eigenvalue weighted by atomic mass is 35.5. The van der Waals surface area contributed by atoms with Crippen molar-refractivity contribution >= 4 is 36.4 Å². The van der Waals surface area contributed by atoms with Crippen molar-refractivity contribution in [3.8, 4) is 5.75 Å². The molecule has 0 bridgehead atoms. The van der Waals surface area contributed by atoms with E-state index in [0.717, 1.165) is 24.2 Å². The van der Waals surface area contributed by atoms with E-state index in [4.69, 9.17) is 10.5 Å². The summed E-state index contributed by atoms with van der Waals surface area (Å²) in [5, 5.41) is 3.11. The molecule has 30 heavy (non-hydrogen) atoms. The number of amides is 1. The van der Waals surface area contributed by atoms with E-state index in [1.54, 1.807) is 12.1 Å². The normalized spacial score (nSPS) is 14.9. The van der Waals surface area contributed by atoms with Crippen molar-refractivity contribution in [3.63, 3.8) is 0 Å². The average molecular weight is 451 g/mol. The van der Waals surface area contributed by atoms with Crippen LogP contribution in [0.2, 0.25) is 0 Å². The van der Waals surface area contributed by atoms with E-state index in [1.807, 2.05) is 54.9 Å². The molecule has 6 nitrogen and oxygen atoms in total. The second-order valence-electron chi connectivity index (χ2n) is 7.87. The van der Waals surface area contributed by atoms with E-state index >= 15 is 0 Å². The molecule has 3 aromatic rings. The number of imidazole rings is 1. The molecule has 1 aliphatic carbocycles. The minimum absolute atomic E-state index is 0. The van der Waals surface area contributed by atoms with Crippen LogP contribution in [0.1, 0.15) is 41.4 Å². The van der Waals surface area contributed by atoms with Crippen molar-refractivity contribution < 1.29 is 9.53 Å². The number of carbonyl (C=O) groups is 1. The summed E-state index contributed by atoms with van der Waals surface area (Å²) in [5.74, 6) is 0.995. The zero-order valence-corrected chi connectivity index (χ0v) is 18.8. The topological polar surface area (TPSA) is 81.6 Å². The van der Waals surface area contributed by atoms with Crippen molar-refractivity contribution in [3.05, 3.63) is 65.6 Å². The molecule has 162 valence electrons. The summed E-state index contributed by atoms with van der Waals surface area (Å²) in [6, 6.07) is 11.2. The first-order chi connectivity index (χ1) is 13.5. The lowest BCUT2D eigenvalue weighted by Gasteiger charge is -2.29. The number of carbonyl (C=O) groups excluding carboxylic acids is 1. The van der Waals surface area contributed by atoms with Gasteiger partial charge in [0.15, 0.2) is 0 Å². The van der Waals surface area contributed by atoms with Crippen LogP contribution in [0.3, 0.4) is 0 Å². The molecule has 4 rings (SSSR count). The highest BCUT2D eigenvalue weighted by molar-refractivity contribution is 5.95. The Balaban J connectivity index is 0.00000160. The number of aryl methyl sites for hydroxylation is 1. The number of pyridine rings is 1. The molecular formula is C22H28Cl2N4O2. The second-order valence-corrected chi connectivity index (χ2v) is 7.87. The lowest BCUT2D eigenvalue weighted by atomic mass is 9.95. The van der Waals surface area contributed by atoms with Crippen LogP contribution in [0.5, 0.6) is 5.75 Å². The Morgan fingerprint density at radius 3 is 2.73 bits per heavy atom. The number of nitrogens with one attached hydrogen (secondary N) is 1. The fraction of sp³-hybridized carbons (Fsp3) is 0.364. The van der Waals surface area contributed by atoms with Gasteiger partial charge in [0.25, 0.3) is 5.91 Å². The average Bonchev–Trinajstić information content (AvgIpc) is 3.48. The zero-order chi connectivity index (χ0) is 19.7. The first-order valence-corrected chi connectivity index (χ1v) is 9.66. The van der Waals surface area contributed by atoms with Crippen LogP contribution in [-0.2, 0) is 6.61 Å². The van der Waals surface area contributed by atoms with Gasteiger partial charge in [0.2, 0.25) is 0 Å². The lowest BCUT2D eigenvalue weighted by molar-refractivity contribution is 0.0897. The van der Waals surface area contributed by atoms with Gasteiger partial charge < -0.3 is 20.2 Å². The van der Waals surface area contributed by atoms with E-state index in [0.29, 0.717) is 30.4 Å². The number of benzene rings is 1. The van der Waals surface area contributed by atoms with Crippen molar-refractivity contribution in [2.75, 3.05) is 6.54 Å². The fourth-order valence-corrected chi connectivity index (χ4v) is 3.48. The van der Waals surface area contributed by atoms with Crippen LogP contribution >= 0.6 is 24.8 Å². The molecule has 0 spiro atoms. The van der Waals surface area contributed by atoms with Gasteiger partial charge >= 0.3 is 0 Å². The maximum absolute atomic E-state index is 12.7. The molecule has 0 radical (unpaired) electrons. The third-order valence-corrected chi connectivity index (χ3v) is 5.43. The number of rotatable bonds is 7. The molecule has 1 fully saturated rings. The number of nitrogens with zero attached hydrogens (tertiary/aromatic N) is 2. The van der Waals surface area contributed by atoms with Crippen LogP contribution in [0.4, 0.5) is 0 Å². The zero-order valence-electron chi connectivity index (χ0n) is 17.1. The Morgan fingerprint density at radius 1 is 1.27 bits per heavy atom. The molecule has 3 N–H and O–H groups in total. The quantitative estimate of drug-likeness (QED) is 0.571. The van der Waals surface area contributed by atoms with E-state index < -0.39 is 0 Å². The maximum atomic E-state index is 12.7. The Morgan fingerprint density at radius 2 is 2.03 bits per heavy atom. The first-order valence-electron chi connectivity index (χ1n) is 9.66. The minimum Gasteiger partial charge on any atom is -0.487 e. The number of halogens is 2. The molecule has 1 unspecified atom stereocenters. The third-order valence-electron chi connectivity index (χ3n) is 5.43. The summed E-state index contributed by atoms with van der Waals surface area (Å²) >= 11 is 0. The number of hydrogen-bond donors (Lipinski definition) is 2. The standard InChI is InChI=1S/C22H26N4O2.2ClH/c1-15-6-9-20-24-18(12-26(20)11-15)13-28-19-5-3-4-16(10-19)21(27)25-22(2,14-23)17-7-8-17;;/h3-6,9-12,17H,7-8,13-14,23H2,1-2H3,(H,25,27);2*1H. The molecule has 0 aliphatic heterocycles. The largest absolute Gasteiger partial charge is 0.487 e. The molecule has 0 saturated heterocycles. The van der Waals surface area contributed by atoms with E-state index in [9.17, 15) is 4.79 Å². The number of aromatic nitrogens is 2. The smallest absolute Gasteiger partial charge is 0.251 e. The summed E-state index contributed by atoms with van der Waals surface area (Å²) in [6.45, 7) is 4.85. The molecule has 1 amide bonds. The lowest BCUT2D eigenvalue weighted by Crippen LogP contribution is -2.53. The van der Waals surface area contributed by atoms with Gasteiger partial charge in [0.05, 0.1) is 11.2 Å². The summed E-state index contributed by atoms with van der Waals surface area (Å²) in [7, 11) is 0. The van der Waals surface area contributed by atoms with Crippen molar-refractivity contribution in [2.45, 2.75) is 38.8 Å². The van der Waals surface area contributed by atoms with Crippen molar-refractivity contribution in [1.29, 1.82) is 0 Å². The van der Waals surface area contributed by atoms with E-state index in [1.165, 1.54) is 5.56 Å². The Bertz CT molecular complexity index is 1020. The predicted octanol–water partition coefficient (Wildman–Crippen LogP) is 3.92. The number of ether oxygens (including phenoxy) is 1. The predicted molar refractivity (Wildman–Crippen MR) is 123 cm³/mol. The van der Waals surface area contributed by atoms with Gasteiger partial charge in [-0.15, -0.1) is 24.8 Å². The van der Waals surface area contributed by atoms with Crippen LogP contribution in [0.25, 0.3) is 5.65 Å². The molecule has 2 heterocycles. The summed E-state index contributed by atoms with van der Waals surface area (Å²) < 4.78 is 7.87. The highest BCUT2D eigenvalue weighted by Gasteiger charge is 2.41. The van der Waals surface area contributed by atoms with Crippen LogP contribution in [0.15, 0.2) is 48.8 Å². The Labute approximate surface area is 189 Å². The number of fused-ring (bicyclic) bond motifs is 1. The van der Waals surface area contributed by atoms with Crippen molar-refractivity contribution in [1.82, 2.24) is 14.7 Å². The molecule has 2 aromatic heterocycles. The maximum Gasteiger partial charge on any atom is 0.251 e. The number of nitrogens with two attached hydrogens (primary N) is 1. The Hall–Kier alpha value is -2.28. The number of hydrogen-bond acceptors (Lipinski definition) is 4. The minimum atomic E-state index is -0.345. The molecule has 1 atom stereocenters. The van der Waals surface area contributed by atoms with Gasteiger partial charge in [0.1, 0.15) is 18.0 Å². The molecule has 1 aromatic carbocycles. The van der Waals surface area contributed by atoms with Crippen LogP contribution < -0.4 is 15.8 Å². The van der Waals surface area contributed by atoms with Gasteiger partial charge in [-0.1, -0.05) is 12.1 Å².